The second-order valence-corrected chi connectivity index (χ2v) is 8.83. The minimum atomic E-state index is -1.07. The van der Waals surface area contributed by atoms with Crippen LogP contribution in [0.5, 0.6) is 0 Å². The van der Waals surface area contributed by atoms with Crippen molar-refractivity contribution in [1.29, 1.82) is 0 Å². The summed E-state index contributed by atoms with van der Waals surface area (Å²) >= 11 is 1.57. The van der Waals surface area contributed by atoms with Crippen molar-refractivity contribution in [2.24, 2.45) is 11.8 Å². The third-order valence-corrected chi connectivity index (χ3v) is 7.32. The lowest BCUT2D eigenvalue weighted by atomic mass is 9.79. The number of carbonyl (C=O) groups excluding carboxylic acids is 1. The molecule has 3 aliphatic rings. The van der Waals surface area contributed by atoms with E-state index in [1.54, 1.807) is 31.1 Å². The summed E-state index contributed by atoms with van der Waals surface area (Å²) in [5, 5.41) is 23.4. The standard InChI is InChI=1S/C19H23N3O4S/c1-9-15-14(10(2)23)18(24)22(15)16(19(25)26)17(9)27-12-7-13(21-8-12)11-3-5-20-6-4-11/h3-6,9-10,12-15,21,23H,7-8H2,1-2H3,(H,25,26)/t9-,10-,12+,13+,14-,15-/m1/s1. The third kappa shape index (κ3) is 2.96. The number of aromatic nitrogens is 1. The molecular weight excluding hydrogens is 366 g/mol. The lowest BCUT2D eigenvalue weighted by Crippen LogP contribution is -2.63. The number of aliphatic hydroxyl groups is 1. The van der Waals surface area contributed by atoms with Crippen LogP contribution < -0.4 is 5.32 Å². The molecule has 0 radical (unpaired) electrons. The van der Waals surface area contributed by atoms with Crippen LogP contribution in [0.4, 0.5) is 0 Å². The van der Waals surface area contributed by atoms with Gasteiger partial charge in [-0.1, -0.05) is 6.92 Å². The molecule has 4 rings (SSSR count). The number of aliphatic hydroxyl groups excluding tert-OH is 1. The van der Waals surface area contributed by atoms with Crippen LogP contribution in [0.15, 0.2) is 35.1 Å². The van der Waals surface area contributed by atoms with Crippen molar-refractivity contribution >= 4 is 23.6 Å². The minimum absolute atomic E-state index is 0.0848. The highest BCUT2D eigenvalue weighted by Gasteiger charge is 2.60. The van der Waals surface area contributed by atoms with Gasteiger partial charge in [0, 0.05) is 41.1 Å². The molecule has 6 atom stereocenters. The molecule has 1 amide bonds. The first-order valence-corrected chi connectivity index (χ1v) is 10.1. The smallest absolute Gasteiger partial charge is 0.353 e. The van der Waals surface area contributed by atoms with Crippen LogP contribution in [0.3, 0.4) is 0 Å². The number of pyridine rings is 1. The van der Waals surface area contributed by atoms with E-state index in [1.807, 2.05) is 19.1 Å². The number of thioether (sulfide) groups is 1. The van der Waals surface area contributed by atoms with Gasteiger partial charge in [-0.15, -0.1) is 11.8 Å². The van der Waals surface area contributed by atoms with Crippen LogP contribution in [0.2, 0.25) is 0 Å². The van der Waals surface area contributed by atoms with Crippen molar-refractivity contribution in [1.82, 2.24) is 15.2 Å². The van der Waals surface area contributed by atoms with Crippen molar-refractivity contribution < 1.29 is 19.8 Å². The highest BCUT2D eigenvalue weighted by molar-refractivity contribution is 8.03. The van der Waals surface area contributed by atoms with E-state index in [0.717, 1.165) is 17.9 Å². The van der Waals surface area contributed by atoms with Crippen LogP contribution in [-0.4, -0.2) is 55.9 Å². The predicted molar refractivity (Wildman–Crippen MR) is 101 cm³/mol. The van der Waals surface area contributed by atoms with Gasteiger partial charge in [0.1, 0.15) is 5.70 Å². The number of hydrogen-bond donors (Lipinski definition) is 3. The predicted octanol–water partition coefficient (Wildman–Crippen LogP) is 1.37. The van der Waals surface area contributed by atoms with Gasteiger partial charge in [-0.3, -0.25) is 9.78 Å². The number of rotatable bonds is 5. The molecule has 0 aliphatic carbocycles. The van der Waals surface area contributed by atoms with Crippen molar-refractivity contribution in [3.05, 3.63) is 40.7 Å². The summed E-state index contributed by atoms with van der Waals surface area (Å²) in [5.74, 6) is -1.95. The Morgan fingerprint density at radius 3 is 2.74 bits per heavy atom. The number of amides is 1. The number of aliphatic carboxylic acids is 1. The number of hydrogen-bond acceptors (Lipinski definition) is 6. The monoisotopic (exact) mass is 389 g/mol. The molecule has 7 nitrogen and oxygen atoms in total. The van der Waals surface area contributed by atoms with Gasteiger partial charge in [0.15, 0.2) is 0 Å². The molecule has 1 aromatic heterocycles. The van der Waals surface area contributed by atoms with Gasteiger partial charge < -0.3 is 20.4 Å². The van der Waals surface area contributed by atoms with E-state index >= 15 is 0 Å². The Labute approximate surface area is 161 Å². The molecular formula is C19H23N3O4S. The zero-order valence-electron chi connectivity index (χ0n) is 15.2. The number of fused-ring (bicyclic) bond motifs is 1. The number of carbonyl (C=O) groups is 2. The molecule has 3 aliphatic heterocycles. The quantitative estimate of drug-likeness (QED) is 0.654. The minimum Gasteiger partial charge on any atom is -0.477 e. The first kappa shape index (κ1) is 18.5. The normalized spacial score (nSPS) is 33.8. The average Bonchev–Trinajstić information content (AvgIpc) is 3.18. The molecule has 2 fully saturated rings. The topological polar surface area (TPSA) is 103 Å². The second kappa shape index (κ2) is 6.92. The fraction of sp³-hybridized carbons (Fsp3) is 0.526. The van der Waals surface area contributed by atoms with Gasteiger partial charge in [0.05, 0.1) is 18.1 Å². The number of nitrogens with zero attached hydrogens (tertiary/aromatic N) is 2. The first-order valence-electron chi connectivity index (χ1n) is 9.18. The Hall–Kier alpha value is -1.90. The molecule has 0 bridgehead atoms. The van der Waals surface area contributed by atoms with Crippen LogP contribution in [0.25, 0.3) is 0 Å². The van der Waals surface area contributed by atoms with Crippen LogP contribution in [-0.2, 0) is 9.59 Å². The summed E-state index contributed by atoms with van der Waals surface area (Å²) in [4.78, 5) is 30.5. The summed E-state index contributed by atoms with van der Waals surface area (Å²) in [6.45, 7) is 4.33. The van der Waals surface area contributed by atoms with E-state index in [0.29, 0.717) is 0 Å². The van der Waals surface area contributed by atoms with E-state index < -0.39 is 18.0 Å². The van der Waals surface area contributed by atoms with Crippen LogP contribution in [0.1, 0.15) is 31.9 Å². The molecule has 4 heterocycles. The summed E-state index contributed by atoms with van der Waals surface area (Å²) in [5.41, 5.74) is 1.28. The van der Waals surface area contributed by atoms with Gasteiger partial charge >= 0.3 is 5.97 Å². The van der Waals surface area contributed by atoms with Gasteiger partial charge in [0.25, 0.3) is 0 Å². The lowest BCUT2D eigenvalue weighted by molar-refractivity contribution is -0.163. The molecule has 144 valence electrons. The molecule has 3 N–H and O–H groups in total. The first-order chi connectivity index (χ1) is 12.9. The maximum absolute atomic E-state index is 12.4. The van der Waals surface area contributed by atoms with Gasteiger partial charge in [-0.25, -0.2) is 4.79 Å². The molecule has 0 aromatic carbocycles. The van der Waals surface area contributed by atoms with Crippen molar-refractivity contribution in [3.63, 3.8) is 0 Å². The van der Waals surface area contributed by atoms with Crippen LogP contribution in [0, 0.1) is 11.8 Å². The lowest BCUT2D eigenvalue weighted by Gasteiger charge is -2.46. The zero-order valence-corrected chi connectivity index (χ0v) is 16.0. The molecule has 0 unspecified atom stereocenters. The molecule has 1 aromatic rings. The van der Waals surface area contributed by atoms with E-state index in [-0.39, 0.29) is 34.9 Å². The molecule has 0 saturated carbocycles. The molecule has 0 spiro atoms. The van der Waals surface area contributed by atoms with Crippen molar-refractivity contribution in [2.75, 3.05) is 6.54 Å². The summed E-state index contributed by atoms with van der Waals surface area (Å²) in [6, 6.07) is 3.95. The number of carboxylic acids is 1. The maximum atomic E-state index is 12.4. The number of carboxylic acid groups (broad SMARTS) is 1. The van der Waals surface area contributed by atoms with Gasteiger partial charge in [-0.2, -0.15) is 0 Å². The van der Waals surface area contributed by atoms with Crippen molar-refractivity contribution in [3.8, 4) is 0 Å². The average molecular weight is 389 g/mol. The largest absolute Gasteiger partial charge is 0.477 e. The summed E-state index contributed by atoms with van der Waals surface area (Å²) in [7, 11) is 0. The Morgan fingerprint density at radius 2 is 2.11 bits per heavy atom. The fourth-order valence-corrected chi connectivity index (χ4v) is 5.98. The van der Waals surface area contributed by atoms with Gasteiger partial charge in [0.2, 0.25) is 5.91 Å². The highest BCUT2D eigenvalue weighted by Crippen LogP contribution is 2.52. The Kier molecular flexibility index (Phi) is 4.73. The van der Waals surface area contributed by atoms with E-state index in [9.17, 15) is 19.8 Å². The third-order valence-electron chi connectivity index (χ3n) is 5.80. The molecule has 8 heteroatoms. The molecule has 2 saturated heterocycles. The van der Waals surface area contributed by atoms with Crippen molar-refractivity contribution in [2.45, 2.75) is 43.7 Å². The van der Waals surface area contributed by atoms with Gasteiger partial charge in [-0.05, 0) is 31.0 Å². The zero-order chi connectivity index (χ0) is 19.3. The van der Waals surface area contributed by atoms with E-state index in [2.05, 4.69) is 10.3 Å². The van der Waals surface area contributed by atoms with E-state index in [4.69, 9.17) is 0 Å². The number of β-lactam (4-membered cyclic amide) rings is 1. The summed E-state index contributed by atoms with van der Waals surface area (Å²) < 4.78 is 0. The summed E-state index contributed by atoms with van der Waals surface area (Å²) in [6.07, 6.45) is 3.66. The maximum Gasteiger partial charge on any atom is 0.353 e. The SMILES string of the molecule is C[C@@H](O)[C@H]1C(=O)N2C(C(=O)O)=C(S[C@@H]3CN[C@H](c4ccncc4)C3)[C@H](C)[C@H]12. The fourth-order valence-electron chi connectivity index (χ4n) is 4.50. The molecule has 27 heavy (non-hydrogen) atoms. The highest BCUT2D eigenvalue weighted by atomic mass is 32.2. The second-order valence-electron chi connectivity index (χ2n) is 7.49. The number of nitrogens with one attached hydrogen (secondary N) is 1. The Balaban J connectivity index is 1.53. The van der Waals surface area contributed by atoms with Crippen LogP contribution >= 0.6 is 11.8 Å². The Morgan fingerprint density at radius 1 is 1.41 bits per heavy atom. The Bertz CT molecular complexity index is 797. The van der Waals surface area contributed by atoms with E-state index in [1.165, 1.54) is 10.5 Å².